The molecule has 1 aromatic rings. The first-order valence-corrected chi connectivity index (χ1v) is 11.2. The Kier molecular flexibility index (Phi) is 7.36. The van der Waals surface area contributed by atoms with E-state index in [0.29, 0.717) is 28.2 Å². The molecule has 2 amide bonds. The molecule has 1 aromatic carbocycles. The van der Waals surface area contributed by atoms with Gasteiger partial charge in [-0.3, -0.25) is 9.59 Å². The van der Waals surface area contributed by atoms with Crippen LogP contribution in [0.25, 0.3) is 22.6 Å². The first kappa shape index (κ1) is 24.2. The number of fused-ring (bicyclic) bond motifs is 2. The molecule has 3 rings (SSSR count). The van der Waals surface area contributed by atoms with Crippen LogP contribution in [0.1, 0.15) is 59.4 Å². The van der Waals surface area contributed by atoms with Crippen molar-refractivity contribution in [2.45, 2.75) is 71.9 Å². The molecule has 0 aromatic heterocycles. The third-order valence-corrected chi connectivity index (χ3v) is 4.98. The van der Waals surface area contributed by atoms with Crippen molar-refractivity contribution in [2.24, 2.45) is 0 Å². The summed E-state index contributed by atoms with van der Waals surface area (Å²) in [6.45, 7) is 8.94. The van der Waals surface area contributed by atoms with Crippen LogP contribution in [0.15, 0.2) is 39.5 Å². The van der Waals surface area contributed by atoms with E-state index in [4.69, 9.17) is 14.1 Å². The summed E-state index contributed by atoms with van der Waals surface area (Å²) in [4.78, 5) is 41.3. The number of nitrogens with one attached hydrogen (secondary N) is 2. The fourth-order valence-corrected chi connectivity index (χ4v) is 3.40. The number of amides is 2. The molecule has 8 heteroatoms. The van der Waals surface area contributed by atoms with Crippen LogP contribution in [0.2, 0.25) is 0 Å². The van der Waals surface area contributed by atoms with Crippen molar-refractivity contribution in [3.05, 3.63) is 46.1 Å². The molecule has 8 nitrogen and oxygen atoms in total. The Hall–Kier alpha value is -3.42. The second-order valence-electron chi connectivity index (χ2n) is 9.14. The molecule has 1 aliphatic carbocycles. The van der Waals surface area contributed by atoms with E-state index in [1.807, 2.05) is 0 Å². The standard InChI is InChI=1S/C25H31N3O5/c1-6-7-8-9-16-12-18(29)14-21-22(16)28-19-11-10-17(13-20(19)32-21)27-23(30)15(2)26-24(31)33-25(3,4)5/h10-15H,6-9H2,1-5H3,(H,26,31)(H,27,30)/t15-/m1/s1. The molecule has 0 saturated heterocycles. The Morgan fingerprint density at radius 1 is 1.15 bits per heavy atom. The Morgan fingerprint density at radius 2 is 1.91 bits per heavy atom. The van der Waals surface area contributed by atoms with Crippen LogP contribution >= 0.6 is 0 Å². The summed E-state index contributed by atoms with van der Waals surface area (Å²) in [6.07, 6.45) is 3.26. The predicted molar refractivity (Wildman–Crippen MR) is 128 cm³/mol. The number of anilines is 1. The number of benzene rings is 2. The van der Waals surface area contributed by atoms with Gasteiger partial charge in [-0.1, -0.05) is 19.8 Å². The SMILES string of the molecule is CCCCCc1cc(=O)cc2oc3cc(NC(=O)[C@@H](C)NC(=O)OC(C)(C)C)ccc3nc1-2. The molecule has 33 heavy (non-hydrogen) atoms. The lowest BCUT2D eigenvalue weighted by Crippen LogP contribution is -2.43. The number of alkyl carbamates (subject to hydrolysis) is 1. The van der Waals surface area contributed by atoms with Gasteiger partial charge in [-0.2, -0.15) is 0 Å². The van der Waals surface area contributed by atoms with Gasteiger partial charge in [-0.05, 0) is 64.3 Å². The Labute approximate surface area is 193 Å². The highest BCUT2D eigenvalue weighted by atomic mass is 16.6. The van der Waals surface area contributed by atoms with E-state index in [-0.39, 0.29) is 5.43 Å². The molecule has 176 valence electrons. The van der Waals surface area contributed by atoms with Crippen LogP contribution in [0, 0.1) is 0 Å². The lowest BCUT2D eigenvalue weighted by Gasteiger charge is -2.21. The van der Waals surface area contributed by atoms with E-state index in [2.05, 4.69) is 17.6 Å². The zero-order chi connectivity index (χ0) is 24.2. The van der Waals surface area contributed by atoms with Crippen LogP contribution in [0.4, 0.5) is 10.5 Å². The van der Waals surface area contributed by atoms with Crippen molar-refractivity contribution < 1.29 is 18.7 Å². The smallest absolute Gasteiger partial charge is 0.408 e. The molecule has 0 fully saturated rings. The molecule has 1 heterocycles. The van der Waals surface area contributed by atoms with E-state index in [1.165, 1.54) is 6.07 Å². The fraction of sp³-hybridized carbons (Fsp3) is 0.440. The van der Waals surface area contributed by atoms with Gasteiger partial charge in [0.1, 0.15) is 22.9 Å². The van der Waals surface area contributed by atoms with E-state index in [9.17, 15) is 14.4 Å². The van der Waals surface area contributed by atoms with Crippen LogP contribution in [0.3, 0.4) is 0 Å². The van der Waals surface area contributed by atoms with Crippen molar-refractivity contribution in [2.75, 3.05) is 5.32 Å². The van der Waals surface area contributed by atoms with Crippen molar-refractivity contribution in [1.29, 1.82) is 0 Å². The van der Waals surface area contributed by atoms with Crippen molar-refractivity contribution >= 4 is 28.8 Å². The molecule has 0 radical (unpaired) electrons. The van der Waals surface area contributed by atoms with Gasteiger partial charge in [0.25, 0.3) is 0 Å². The van der Waals surface area contributed by atoms with Crippen molar-refractivity contribution in [3.63, 3.8) is 0 Å². The Bertz CT molecular complexity index is 1180. The predicted octanol–water partition coefficient (Wildman–Crippen LogP) is 4.88. The monoisotopic (exact) mass is 453 g/mol. The lowest BCUT2D eigenvalue weighted by molar-refractivity contribution is -0.117. The van der Waals surface area contributed by atoms with E-state index < -0.39 is 23.6 Å². The zero-order valence-corrected chi connectivity index (χ0v) is 19.8. The van der Waals surface area contributed by atoms with Crippen LogP contribution < -0.4 is 16.1 Å². The maximum atomic E-state index is 12.5. The van der Waals surface area contributed by atoms with Gasteiger partial charge in [0, 0.05) is 17.8 Å². The van der Waals surface area contributed by atoms with E-state index in [1.54, 1.807) is 52.0 Å². The first-order valence-electron chi connectivity index (χ1n) is 11.2. The second-order valence-corrected chi connectivity index (χ2v) is 9.14. The maximum absolute atomic E-state index is 12.5. The van der Waals surface area contributed by atoms with Gasteiger partial charge in [0.2, 0.25) is 5.91 Å². The highest BCUT2D eigenvalue weighted by molar-refractivity contribution is 5.97. The van der Waals surface area contributed by atoms with Gasteiger partial charge in [0.15, 0.2) is 16.8 Å². The molecule has 0 bridgehead atoms. The number of rotatable bonds is 7. The molecular formula is C25H31N3O5. The molecule has 2 aliphatic rings. The lowest BCUT2D eigenvalue weighted by atomic mass is 10.0. The summed E-state index contributed by atoms with van der Waals surface area (Å²) in [6, 6.07) is 7.36. The average molecular weight is 454 g/mol. The molecular weight excluding hydrogens is 422 g/mol. The fourth-order valence-electron chi connectivity index (χ4n) is 3.40. The largest absolute Gasteiger partial charge is 0.453 e. The normalized spacial score (nSPS) is 12.5. The summed E-state index contributed by atoms with van der Waals surface area (Å²) >= 11 is 0. The third kappa shape index (κ3) is 6.54. The van der Waals surface area contributed by atoms with Gasteiger partial charge in [-0.25, -0.2) is 9.78 Å². The maximum Gasteiger partial charge on any atom is 0.408 e. The average Bonchev–Trinajstić information content (AvgIpc) is 2.71. The second kappa shape index (κ2) is 10.0. The number of aryl methyl sites for hydroxylation is 1. The minimum atomic E-state index is -0.809. The van der Waals surface area contributed by atoms with Crippen LogP contribution in [-0.4, -0.2) is 28.6 Å². The molecule has 1 atom stereocenters. The first-order chi connectivity index (χ1) is 15.6. The summed E-state index contributed by atoms with van der Waals surface area (Å²) in [5, 5.41) is 5.26. The van der Waals surface area contributed by atoms with Gasteiger partial charge in [-0.15, -0.1) is 0 Å². The number of hydrogen-bond acceptors (Lipinski definition) is 6. The quantitative estimate of drug-likeness (QED) is 0.390. The topological polar surface area (TPSA) is 111 Å². The number of hydrogen-bond donors (Lipinski definition) is 2. The molecule has 0 spiro atoms. The number of ether oxygens (including phenoxy) is 1. The summed E-state index contributed by atoms with van der Waals surface area (Å²) in [7, 11) is 0. The number of unbranched alkanes of at least 4 members (excludes halogenated alkanes) is 2. The summed E-state index contributed by atoms with van der Waals surface area (Å²) in [5.74, 6) is 0.0129. The van der Waals surface area contributed by atoms with Gasteiger partial charge >= 0.3 is 6.09 Å². The number of carbonyl (C=O) groups is 2. The van der Waals surface area contributed by atoms with Crippen molar-refractivity contribution in [1.82, 2.24) is 10.3 Å². The third-order valence-electron chi connectivity index (χ3n) is 4.98. The number of aromatic nitrogens is 1. The Morgan fingerprint density at radius 3 is 2.61 bits per heavy atom. The van der Waals surface area contributed by atoms with Crippen LogP contribution in [-0.2, 0) is 16.0 Å². The Balaban J connectivity index is 1.80. The van der Waals surface area contributed by atoms with E-state index >= 15 is 0 Å². The highest BCUT2D eigenvalue weighted by Gasteiger charge is 2.21. The van der Waals surface area contributed by atoms with Crippen LogP contribution in [0.5, 0.6) is 0 Å². The minimum Gasteiger partial charge on any atom is -0.453 e. The molecule has 0 unspecified atom stereocenters. The zero-order valence-electron chi connectivity index (χ0n) is 19.8. The minimum absolute atomic E-state index is 0.120. The molecule has 0 saturated carbocycles. The number of carbonyl (C=O) groups excluding carboxylic acids is 2. The number of nitrogens with zero attached hydrogens (tertiary/aromatic N) is 1. The van der Waals surface area contributed by atoms with Crippen molar-refractivity contribution in [3.8, 4) is 11.5 Å². The molecule has 2 N–H and O–H groups in total. The van der Waals surface area contributed by atoms with Gasteiger partial charge in [0.05, 0.1) is 0 Å². The highest BCUT2D eigenvalue weighted by Crippen LogP contribution is 2.29. The molecule has 1 aliphatic heterocycles. The summed E-state index contributed by atoms with van der Waals surface area (Å²) in [5.41, 5.74) is 2.34. The van der Waals surface area contributed by atoms with E-state index in [0.717, 1.165) is 31.2 Å². The summed E-state index contributed by atoms with van der Waals surface area (Å²) < 4.78 is 11.2. The van der Waals surface area contributed by atoms with Gasteiger partial charge < -0.3 is 19.8 Å².